The number of carbonyl (C=O) groups is 1. The van der Waals surface area contributed by atoms with E-state index in [1.807, 2.05) is 18.7 Å². The van der Waals surface area contributed by atoms with E-state index >= 15 is 0 Å². The van der Waals surface area contributed by atoms with Crippen LogP contribution in [0, 0.1) is 0 Å². The Morgan fingerprint density at radius 1 is 1.09 bits per heavy atom. The van der Waals surface area contributed by atoms with E-state index in [0.29, 0.717) is 0 Å². The van der Waals surface area contributed by atoms with Crippen molar-refractivity contribution in [1.82, 2.24) is 14.7 Å². The molecule has 0 aromatic carbocycles. The average Bonchev–Trinajstić information content (AvgIpc) is 2.40. The molecule has 1 amide bonds. The smallest absolute Gasteiger partial charge is 0.410 e. The van der Waals surface area contributed by atoms with E-state index in [9.17, 15) is 4.79 Å². The lowest BCUT2D eigenvalue weighted by atomic mass is 10.1. The van der Waals surface area contributed by atoms with Gasteiger partial charge < -0.3 is 14.5 Å². The van der Waals surface area contributed by atoms with Gasteiger partial charge in [-0.3, -0.25) is 4.90 Å². The van der Waals surface area contributed by atoms with Gasteiger partial charge in [0, 0.05) is 25.2 Å². The molecule has 1 heterocycles. The molecule has 5 heteroatoms. The van der Waals surface area contributed by atoms with Crippen molar-refractivity contribution >= 4 is 6.09 Å². The van der Waals surface area contributed by atoms with E-state index in [1.165, 1.54) is 32.2 Å². The predicted molar refractivity (Wildman–Crippen MR) is 95.8 cm³/mol. The zero-order valence-electron chi connectivity index (χ0n) is 16.0. The minimum atomic E-state index is -0.164. The molecule has 1 fully saturated rings. The van der Waals surface area contributed by atoms with Crippen molar-refractivity contribution in [3.05, 3.63) is 0 Å². The van der Waals surface area contributed by atoms with E-state index in [2.05, 4.69) is 37.7 Å². The molecule has 0 spiro atoms. The van der Waals surface area contributed by atoms with Crippen LogP contribution >= 0.6 is 0 Å². The minimum absolute atomic E-state index is 0.0536. The van der Waals surface area contributed by atoms with Gasteiger partial charge >= 0.3 is 6.09 Å². The highest BCUT2D eigenvalue weighted by atomic mass is 16.6. The molecule has 2 atom stereocenters. The van der Waals surface area contributed by atoms with Gasteiger partial charge in [0.1, 0.15) is 0 Å². The quantitative estimate of drug-likeness (QED) is 0.642. The number of carbonyl (C=O) groups excluding carboxylic acids is 1. The van der Waals surface area contributed by atoms with Crippen molar-refractivity contribution in [1.29, 1.82) is 0 Å². The second-order valence-electron chi connectivity index (χ2n) is 7.51. The van der Waals surface area contributed by atoms with Gasteiger partial charge in [-0.05, 0) is 67.7 Å². The molecule has 0 aromatic rings. The van der Waals surface area contributed by atoms with Crippen LogP contribution in [0.15, 0.2) is 0 Å². The van der Waals surface area contributed by atoms with Crippen LogP contribution in [0.3, 0.4) is 0 Å². The molecule has 2 unspecified atom stereocenters. The third-order valence-electron chi connectivity index (χ3n) is 4.37. The van der Waals surface area contributed by atoms with Crippen LogP contribution in [0.5, 0.6) is 0 Å². The number of rotatable bonds is 8. The molecule has 0 aliphatic carbocycles. The molecule has 1 aliphatic heterocycles. The molecule has 0 N–H and O–H groups in total. The van der Waals surface area contributed by atoms with Crippen LogP contribution in [0.4, 0.5) is 4.79 Å². The van der Waals surface area contributed by atoms with Gasteiger partial charge in [0.15, 0.2) is 0 Å². The minimum Gasteiger partial charge on any atom is -0.447 e. The summed E-state index contributed by atoms with van der Waals surface area (Å²) >= 11 is 0. The van der Waals surface area contributed by atoms with Crippen LogP contribution < -0.4 is 0 Å². The number of hydrogen-bond acceptors (Lipinski definition) is 4. The first-order valence-electron chi connectivity index (χ1n) is 9.17. The molecule has 1 rings (SSSR count). The average molecular weight is 328 g/mol. The summed E-state index contributed by atoms with van der Waals surface area (Å²) in [6.07, 6.45) is 4.93. The predicted octanol–water partition coefficient (Wildman–Crippen LogP) is 3.05. The Bertz CT molecular complexity index is 335. The summed E-state index contributed by atoms with van der Waals surface area (Å²) < 4.78 is 5.37. The van der Waals surface area contributed by atoms with Gasteiger partial charge in [-0.1, -0.05) is 12.8 Å². The summed E-state index contributed by atoms with van der Waals surface area (Å²) in [6.45, 7) is 12.3. The Labute approximate surface area is 142 Å². The van der Waals surface area contributed by atoms with Crippen molar-refractivity contribution in [2.75, 3.05) is 40.3 Å². The lowest BCUT2D eigenvalue weighted by Gasteiger charge is -2.44. The lowest BCUT2D eigenvalue weighted by Crippen LogP contribution is -2.59. The van der Waals surface area contributed by atoms with Gasteiger partial charge in [0.2, 0.25) is 0 Å². The number of amides is 1. The van der Waals surface area contributed by atoms with Gasteiger partial charge in [-0.25, -0.2) is 4.79 Å². The maximum atomic E-state index is 12.2. The fourth-order valence-corrected chi connectivity index (χ4v) is 3.35. The van der Waals surface area contributed by atoms with Crippen LogP contribution in [0.2, 0.25) is 0 Å². The fourth-order valence-electron chi connectivity index (χ4n) is 3.35. The van der Waals surface area contributed by atoms with Gasteiger partial charge in [-0.2, -0.15) is 0 Å². The van der Waals surface area contributed by atoms with Crippen LogP contribution in [0.25, 0.3) is 0 Å². The summed E-state index contributed by atoms with van der Waals surface area (Å²) in [5.41, 5.74) is 0. The third kappa shape index (κ3) is 7.53. The first-order chi connectivity index (χ1) is 10.8. The van der Waals surface area contributed by atoms with Crippen molar-refractivity contribution in [2.45, 2.75) is 71.6 Å². The third-order valence-corrected chi connectivity index (χ3v) is 4.37. The van der Waals surface area contributed by atoms with E-state index in [-0.39, 0.29) is 24.3 Å². The maximum Gasteiger partial charge on any atom is 0.410 e. The number of unbranched alkanes of at least 4 members (excludes halogenated alkanes) is 3. The number of piperazine rings is 1. The Kier molecular flexibility index (Phi) is 8.92. The molecule has 1 aliphatic rings. The lowest BCUT2D eigenvalue weighted by molar-refractivity contribution is 0.0123. The first kappa shape index (κ1) is 20.2. The van der Waals surface area contributed by atoms with Crippen LogP contribution in [0.1, 0.15) is 53.4 Å². The molecule has 0 saturated carbocycles. The monoisotopic (exact) mass is 327 g/mol. The van der Waals surface area contributed by atoms with Gasteiger partial charge in [0.05, 0.1) is 6.10 Å². The zero-order chi connectivity index (χ0) is 17.4. The van der Waals surface area contributed by atoms with Crippen molar-refractivity contribution in [2.24, 2.45) is 0 Å². The van der Waals surface area contributed by atoms with E-state index in [0.717, 1.165) is 19.6 Å². The Morgan fingerprint density at radius 2 is 1.65 bits per heavy atom. The molecule has 0 bridgehead atoms. The molecule has 5 nitrogen and oxygen atoms in total. The number of ether oxygens (including phenoxy) is 1. The zero-order valence-corrected chi connectivity index (χ0v) is 16.0. The Balaban J connectivity index is 2.28. The highest BCUT2D eigenvalue weighted by Crippen LogP contribution is 2.18. The molecule has 23 heavy (non-hydrogen) atoms. The molecule has 0 radical (unpaired) electrons. The molecule has 136 valence electrons. The Hall–Kier alpha value is -0.810. The Morgan fingerprint density at radius 3 is 2.17 bits per heavy atom. The number of hydrogen-bond donors (Lipinski definition) is 0. The van der Waals surface area contributed by atoms with Gasteiger partial charge in [-0.15, -0.1) is 0 Å². The summed E-state index contributed by atoms with van der Waals surface area (Å²) in [6, 6.07) is 0.442. The largest absolute Gasteiger partial charge is 0.447 e. The summed E-state index contributed by atoms with van der Waals surface area (Å²) in [5, 5.41) is 0. The summed E-state index contributed by atoms with van der Waals surface area (Å²) in [4.78, 5) is 18.9. The normalized spacial score (nSPS) is 22.9. The van der Waals surface area contributed by atoms with Crippen molar-refractivity contribution in [3.8, 4) is 0 Å². The SMILES string of the molecule is CC(C)OC(=O)N1C(C)CN(CCCCCCN(C)C)CC1C. The highest BCUT2D eigenvalue weighted by molar-refractivity contribution is 5.68. The summed E-state index contributed by atoms with van der Waals surface area (Å²) in [7, 11) is 4.26. The fraction of sp³-hybridized carbons (Fsp3) is 0.944. The molecule has 1 saturated heterocycles. The van der Waals surface area contributed by atoms with Crippen molar-refractivity contribution in [3.63, 3.8) is 0 Å². The van der Waals surface area contributed by atoms with Crippen LogP contribution in [-0.2, 0) is 4.74 Å². The van der Waals surface area contributed by atoms with E-state index < -0.39 is 0 Å². The standard InChI is InChI=1S/C18H37N3O2/c1-15(2)23-18(22)21-16(3)13-20(14-17(21)4)12-10-8-7-9-11-19(5)6/h15-17H,7-14H2,1-6H3. The van der Waals surface area contributed by atoms with Crippen LogP contribution in [-0.4, -0.2) is 79.3 Å². The van der Waals surface area contributed by atoms with E-state index in [1.54, 1.807) is 0 Å². The first-order valence-corrected chi connectivity index (χ1v) is 9.17. The van der Waals surface area contributed by atoms with Crippen molar-refractivity contribution < 1.29 is 9.53 Å². The molecule has 0 aromatic heterocycles. The second-order valence-corrected chi connectivity index (χ2v) is 7.51. The van der Waals surface area contributed by atoms with Gasteiger partial charge in [0.25, 0.3) is 0 Å². The molecular formula is C18H37N3O2. The maximum absolute atomic E-state index is 12.2. The number of nitrogens with zero attached hydrogens (tertiary/aromatic N) is 3. The molecular weight excluding hydrogens is 290 g/mol. The second kappa shape index (κ2) is 10.1. The summed E-state index contributed by atoms with van der Waals surface area (Å²) in [5.74, 6) is 0. The topological polar surface area (TPSA) is 36.0 Å². The van der Waals surface area contributed by atoms with E-state index in [4.69, 9.17) is 4.74 Å². The highest BCUT2D eigenvalue weighted by Gasteiger charge is 2.33.